The van der Waals surface area contributed by atoms with Gasteiger partial charge in [-0.15, -0.1) is 0 Å². The fraction of sp³-hybridized carbons (Fsp3) is 0.833. The highest BCUT2D eigenvalue weighted by Crippen LogP contribution is 2.44. The first-order valence-corrected chi connectivity index (χ1v) is 5.81. The lowest BCUT2D eigenvalue weighted by atomic mass is 9.68. The van der Waals surface area contributed by atoms with Gasteiger partial charge in [-0.2, -0.15) is 0 Å². The summed E-state index contributed by atoms with van der Waals surface area (Å²) in [5.74, 6) is 1.01. The Balaban J connectivity index is 2.07. The Morgan fingerprint density at radius 3 is 2.67 bits per heavy atom. The molecule has 0 aromatic rings. The van der Waals surface area contributed by atoms with E-state index in [9.17, 15) is 9.59 Å². The minimum atomic E-state index is -0.0297. The average Bonchev–Trinajstić information content (AvgIpc) is 2.18. The van der Waals surface area contributed by atoms with Crippen LogP contribution in [0.1, 0.15) is 39.5 Å². The molecule has 1 saturated carbocycles. The maximum absolute atomic E-state index is 11.5. The first-order chi connectivity index (χ1) is 7.11. The van der Waals surface area contributed by atoms with E-state index in [-0.39, 0.29) is 29.7 Å². The average molecular weight is 210 g/mol. The number of ether oxygens (including phenoxy) is 1. The topological polar surface area (TPSA) is 43.4 Å². The Hall–Kier alpha value is -0.860. The first-order valence-electron chi connectivity index (χ1n) is 5.81. The van der Waals surface area contributed by atoms with Crippen LogP contribution in [0, 0.1) is 17.8 Å². The molecule has 1 aliphatic carbocycles. The van der Waals surface area contributed by atoms with E-state index in [2.05, 4.69) is 6.92 Å². The smallest absolute Gasteiger partial charge is 0.309 e. The molecule has 2 saturated heterocycles. The lowest BCUT2D eigenvalue weighted by Gasteiger charge is -2.45. The highest BCUT2D eigenvalue weighted by Gasteiger charge is 2.47. The minimum Gasteiger partial charge on any atom is -0.462 e. The van der Waals surface area contributed by atoms with Crippen molar-refractivity contribution in [2.24, 2.45) is 17.8 Å². The molecular formula is C12H18O3. The van der Waals surface area contributed by atoms with Crippen LogP contribution >= 0.6 is 0 Å². The number of carbonyl (C=O) groups is 2. The van der Waals surface area contributed by atoms with Crippen LogP contribution in [0.25, 0.3) is 0 Å². The SMILES string of the molecule is CCC1CC2OC(=O)C1CC2CC(C)=O. The standard InChI is InChI=1S/C12H18O3/c1-3-8-6-11-9(4-7(2)13)5-10(8)12(14)15-11/h8-11H,3-6H2,1-2H3. The lowest BCUT2D eigenvalue weighted by molar-refractivity contribution is -0.184. The molecule has 0 aromatic heterocycles. The molecule has 3 heteroatoms. The van der Waals surface area contributed by atoms with Crippen LogP contribution in [0.4, 0.5) is 0 Å². The third-order valence-corrected chi connectivity index (χ3v) is 3.83. The molecule has 3 rings (SSSR count). The molecule has 2 bridgehead atoms. The number of esters is 1. The van der Waals surface area contributed by atoms with Crippen molar-refractivity contribution in [3.63, 3.8) is 0 Å². The molecule has 0 spiro atoms. The van der Waals surface area contributed by atoms with Gasteiger partial charge >= 0.3 is 5.97 Å². The maximum Gasteiger partial charge on any atom is 0.309 e. The van der Waals surface area contributed by atoms with E-state index in [1.165, 1.54) is 0 Å². The van der Waals surface area contributed by atoms with Crippen LogP contribution in [0.5, 0.6) is 0 Å². The van der Waals surface area contributed by atoms with E-state index in [1.807, 2.05) is 0 Å². The fourth-order valence-electron chi connectivity index (χ4n) is 3.03. The predicted octanol–water partition coefficient (Wildman–Crippen LogP) is 1.94. The van der Waals surface area contributed by atoms with Gasteiger partial charge in [0, 0.05) is 12.3 Å². The van der Waals surface area contributed by atoms with Crippen molar-refractivity contribution in [3.05, 3.63) is 0 Å². The second kappa shape index (κ2) is 3.95. The Morgan fingerprint density at radius 2 is 2.13 bits per heavy atom. The number of Topliss-reactive ketones (excluding diaryl/α,β-unsaturated/α-hetero) is 1. The molecule has 0 N–H and O–H groups in total. The highest BCUT2D eigenvalue weighted by molar-refractivity contribution is 5.77. The zero-order valence-corrected chi connectivity index (χ0v) is 9.36. The number of fused-ring (bicyclic) bond motifs is 3. The molecule has 84 valence electrons. The van der Waals surface area contributed by atoms with Gasteiger partial charge in [0.05, 0.1) is 5.92 Å². The zero-order valence-electron chi connectivity index (χ0n) is 9.36. The summed E-state index contributed by atoms with van der Waals surface area (Å²) in [6.07, 6.45) is 3.46. The Morgan fingerprint density at radius 1 is 1.40 bits per heavy atom. The minimum absolute atomic E-state index is 0.0105. The van der Waals surface area contributed by atoms with Gasteiger partial charge < -0.3 is 9.53 Å². The van der Waals surface area contributed by atoms with Crippen LogP contribution < -0.4 is 0 Å². The molecule has 2 aliphatic heterocycles. The number of hydrogen-bond donors (Lipinski definition) is 0. The Labute approximate surface area is 90.2 Å². The summed E-state index contributed by atoms with van der Waals surface area (Å²) in [6.45, 7) is 3.74. The third-order valence-electron chi connectivity index (χ3n) is 3.83. The molecule has 3 aliphatic rings. The van der Waals surface area contributed by atoms with Crippen LogP contribution in [-0.4, -0.2) is 17.9 Å². The van der Waals surface area contributed by atoms with Crippen molar-refractivity contribution >= 4 is 11.8 Å². The van der Waals surface area contributed by atoms with Crippen LogP contribution in [0.15, 0.2) is 0 Å². The van der Waals surface area contributed by atoms with Gasteiger partial charge in [-0.3, -0.25) is 4.79 Å². The number of ketones is 1. The van der Waals surface area contributed by atoms with E-state index < -0.39 is 0 Å². The Bertz CT molecular complexity index is 285. The Kier molecular flexibility index (Phi) is 2.81. The molecule has 0 radical (unpaired) electrons. The molecule has 15 heavy (non-hydrogen) atoms. The molecule has 4 unspecified atom stereocenters. The molecule has 0 amide bonds. The molecule has 2 heterocycles. The predicted molar refractivity (Wildman–Crippen MR) is 55.2 cm³/mol. The van der Waals surface area contributed by atoms with E-state index in [1.54, 1.807) is 6.92 Å². The van der Waals surface area contributed by atoms with Gasteiger partial charge in [0.25, 0.3) is 0 Å². The lowest BCUT2D eigenvalue weighted by Crippen LogP contribution is -2.49. The summed E-state index contributed by atoms with van der Waals surface area (Å²) < 4.78 is 5.34. The van der Waals surface area contributed by atoms with Crippen LogP contribution in [0.3, 0.4) is 0 Å². The highest BCUT2D eigenvalue weighted by atomic mass is 16.5. The first kappa shape index (κ1) is 10.7. The zero-order chi connectivity index (χ0) is 11.0. The number of rotatable bonds is 3. The second-order valence-electron chi connectivity index (χ2n) is 4.89. The van der Waals surface area contributed by atoms with Crippen molar-refractivity contribution in [1.29, 1.82) is 0 Å². The van der Waals surface area contributed by atoms with E-state index in [0.717, 1.165) is 19.3 Å². The quantitative estimate of drug-likeness (QED) is 0.669. The van der Waals surface area contributed by atoms with Gasteiger partial charge in [0.15, 0.2) is 0 Å². The number of hydrogen-bond acceptors (Lipinski definition) is 3. The van der Waals surface area contributed by atoms with Crippen molar-refractivity contribution < 1.29 is 14.3 Å². The van der Waals surface area contributed by atoms with Gasteiger partial charge in [0.1, 0.15) is 11.9 Å². The summed E-state index contributed by atoms with van der Waals surface area (Å²) >= 11 is 0. The molecular weight excluding hydrogens is 192 g/mol. The normalized spacial score (nSPS) is 38.9. The van der Waals surface area contributed by atoms with Gasteiger partial charge in [-0.1, -0.05) is 13.3 Å². The van der Waals surface area contributed by atoms with Crippen molar-refractivity contribution in [2.45, 2.75) is 45.6 Å². The summed E-state index contributed by atoms with van der Waals surface area (Å²) in [4.78, 5) is 22.6. The maximum atomic E-state index is 11.5. The number of carbonyl (C=O) groups excluding carboxylic acids is 2. The van der Waals surface area contributed by atoms with Gasteiger partial charge in [0.2, 0.25) is 0 Å². The van der Waals surface area contributed by atoms with Crippen LogP contribution in [-0.2, 0) is 14.3 Å². The van der Waals surface area contributed by atoms with Crippen molar-refractivity contribution in [1.82, 2.24) is 0 Å². The summed E-state index contributed by atoms with van der Waals surface area (Å²) in [5.41, 5.74) is 0. The van der Waals surface area contributed by atoms with E-state index in [4.69, 9.17) is 4.74 Å². The largest absolute Gasteiger partial charge is 0.462 e. The molecule has 4 atom stereocenters. The molecule has 3 nitrogen and oxygen atoms in total. The summed E-state index contributed by atoms with van der Waals surface area (Å²) in [5, 5.41) is 0. The second-order valence-corrected chi connectivity index (χ2v) is 4.89. The van der Waals surface area contributed by atoms with Crippen molar-refractivity contribution in [2.75, 3.05) is 0 Å². The third kappa shape index (κ3) is 1.92. The van der Waals surface area contributed by atoms with Gasteiger partial charge in [-0.25, -0.2) is 0 Å². The van der Waals surface area contributed by atoms with E-state index >= 15 is 0 Å². The molecule has 3 fully saturated rings. The van der Waals surface area contributed by atoms with Crippen LogP contribution in [0.2, 0.25) is 0 Å². The van der Waals surface area contributed by atoms with Crippen molar-refractivity contribution in [3.8, 4) is 0 Å². The van der Waals surface area contributed by atoms with Gasteiger partial charge in [-0.05, 0) is 25.7 Å². The fourth-order valence-corrected chi connectivity index (χ4v) is 3.03. The summed E-state index contributed by atoms with van der Waals surface area (Å²) in [6, 6.07) is 0. The summed E-state index contributed by atoms with van der Waals surface area (Å²) in [7, 11) is 0. The monoisotopic (exact) mass is 210 g/mol. The van der Waals surface area contributed by atoms with E-state index in [0.29, 0.717) is 12.3 Å². The molecule has 0 aromatic carbocycles.